The maximum atomic E-state index is 12.5. The zero-order valence-corrected chi connectivity index (χ0v) is 15.8. The van der Waals surface area contributed by atoms with Crippen molar-refractivity contribution in [2.45, 2.75) is 11.8 Å². The minimum Gasteiger partial charge on any atom is -0.321 e. The second-order valence-electron chi connectivity index (χ2n) is 5.26. The van der Waals surface area contributed by atoms with Crippen LogP contribution in [-0.4, -0.2) is 20.6 Å². The first-order chi connectivity index (χ1) is 12.4. The van der Waals surface area contributed by atoms with Gasteiger partial charge in [-0.3, -0.25) is 9.52 Å². The van der Waals surface area contributed by atoms with Crippen molar-refractivity contribution in [1.29, 1.82) is 5.26 Å². The van der Waals surface area contributed by atoms with Gasteiger partial charge in [-0.1, -0.05) is 35.9 Å². The number of rotatable bonds is 6. The number of aryl methyl sites for hydroxylation is 1. The van der Waals surface area contributed by atoms with E-state index in [1.807, 2.05) is 6.92 Å². The molecule has 0 fully saturated rings. The molecule has 2 N–H and O–H groups in total. The van der Waals surface area contributed by atoms with Gasteiger partial charge in [0.05, 0.1) is 4.90 Å². The first-order valence-corrected chi connectivity index (χ1v) is 10.2. The van der Waals surface area contributed by atoms with E-state index in [1.54, 1.807) is 54.8 Å². The van der Waals surface area contributed by atoms with Gasteiger partial charge in [0, 0.05) is 5.69 Å². The number of nitriles is 1. The standard InChI is InChI=1S/C18H17N3O3S2/c1-13-8-10-15(11-9-13)26(23,24)21-18(25-2)16(12-19)17(22)20-14-6-4-3-5-7-14/h3-11,21H,1-2H3,(H,20,22). The Labute approximate surface area is 157 Å². The summed E-state index contributed by atoms with van der Waals surface area (Å²) in [7, 11) is -3.91. The van der Waals surface area contributed by atoms with Gasteiger partial charge in [-0.15, -0.1) is 11.8 Å². The number of carbonyl (C=O) groups is 1. The van der Waals surface area contributed by atoms with Crippen molar-refractivity contribution in [2.75, 3.05) is 11.6 Å². The molecule has 0 saturated carbocycles. The molecule has 0 bridgehead atoms. The molecule has 0 aliphatic carbocycles. The summed E-state index contributed by atoms with van der Waals surface area (Å²) in [6, 6.07) is 16.6. The van der Waals surface area contributed by atoms with Crippen LogP contribution < -0.4 is 10.0 Å². The molecule has 134 valence electrons. The number of benzene rings is 2. The molecule has 0 heterocycles. The predicted octanol–water partition coefficient (Wildman–Crippen LogP) is 3.01. The van der Waals surface area contributed by atoms with E-state index in [4.69, 9.17) is 0 Å². The third-order valence-corrected chi connectivity index (χ3v) is 5.57. The van der Waals surface area contributed by atoms with Crippen LogP contribution in [0, 0.1) is 18.3 Å². The molecule has 0 saturated heterocycles. The molecule has 0 radical (unpaired) electrons. The summed E-state index contributed by atoms with van der Waals surface area (Å²) in [5.41, 5.74) is 1.12. The highest BCUT2D eigenvalue weighted by molar-refractivity contribution is 8.03. The summed E-state index contributed by atoms with van der Waals surface area (Å²) in [6.07, 6.45) is 1.58. The van der Waals surface area contributed by atoms with Gasteiger partial charge in [-0.05, 0) is 37.4 Å². The number of carbonyl (C=O) groups excluding carboxylic acids is 1. The van der Waals surface area contributed by atoms with Crippen LogP contribution in [0.3, 0.4) is 0 Å². The van der Waals surface area contributed by atoms with E-state index in [1.165, 1.54) is 12.1 Å². The lowest BCUT2D eigenvalue weighted by Crippen LogP contribution is -2.26. The van der Waals surface area contributed by atoms with Gasteiger partial charge < -0.3 is 5.32 Å². The number of hydrogen-bond donors (Lipinski definition) is 2. The monoisotopic (exact) mass is 387 g/mol. The fraction of sp³-hybridized carbons (Fsp3) is 0.111. The number of hydrogen-bond acceptors (Lipinski definition) is 5. The van der Waals surface area contributed by atoms with Gasteiger partial charge in [0.2, 0.25) is 0 Å². The van der Waals surface area contributed by atoms with Crippen LogP contribution in [0.4, 0.5) is 5.69 Å². The van der Waals surface area contributed by atoms with E-state index >= 15 is 0 Å². The summed E-state index contributed by atoms with van der Waals surface area (Å²) < 4.78 is 27.4. The van der Waals surface area contributed by atoms with Crippen LogP contribution in [-0.2, 0) is 14.8 Å². The highest BCUT2D eigenvalue weighted by atomic mass is 32.2. The van der Waals surface area contributed by atoms with Gasteiger partial charge in [0.25, 0.3) is 15.9 Å². The molecule has 0 unspecified atom stereocenters. The van der Waals surface area contributed by atoms with Crippen molar-refractivity contribution in [1.82, 2.24) is 4.72 Å². The quantitative estimate of drug-likeness (QED) is 0.586. The normalized spacial score (nSPS) is 11.9. The lowest BCUT2D eigenvalue weighted by molar-refractivity contribution is -0.112. The van der Waals surface area contributed by atoms with Crippen LogP contribution in [0.5, 0.6) is 0 Å². The largest absolute Gasteiger partial charge is 0.321 e. The van der Waals surface area contributed by atoms with E-state index < -0.39 is 15.9 Å². The molecule has 1 amide bonds. The number of thioether (sulfide) groups is 1. The number of anilines is 1. The zero-order chi connectivity index (χ0) is 19.2. The second kappa shape index (κ2) is 8.56. The van der Waals surface area contributed by atoms with Crippen LogP contribution in [0.25, 0.3) is 0 Å². The topological polar surface area (TPSA) is 99.1 Å². The first-order valence-electron chi connectivity index (χ1n) is 7.51. The Kier molecular flexibility index (Phi) is 6.44. The third kappa shape index (κ3) is 4.88. The Morgan fingerprint density at radius 2 is 1.69 bits per heavy atom. The van der Waals surface area contributed by atoms with E-state index in [9.17, 15) is 18.5 Å². The van der Waals surface area contributed by atoms with E-state index in [0.29, 0.717) is 5.69 Å². The molecule has 6 nitrogen and oxygen atoms in total. The molecule has 0 aliphatic heterocycles. The van der Waals surface area contributed by atoms with Crippen LogP contribution in [0.1, 0.15) is 5.56 Å². The van der Waals surface area contributed by atoms with Crippen molar-refractivity contribution < 1.29 is 13.2 Å². The van der Waals surface area contributed by atoms with E-state index in [2.05, 4.69) is 10.0 Å². The SMILES string of the molecule is CSC(NS(=O)(=O)c1ccc(C)cc1)=C(C#N)C(=O)Nc1ccccc1. The summed E-state index contributed by atoms with van der Waals surface area (Å²) in [6.45, 7) is 1.85. The van der Waals surface area contributed by atoms with Crippen molar-refractivity contribution in [2.24, 2.45) is 0 Å². The number of para-hydroxylation sites is 1. The highest BCUT2D eigenvalue weighted by Crippen LogP contribution is 2.20. The molecule has 0 spiro atoms. The number of amides is 1. The van der Waals surface area contributed by atoms with Gasteiger partial charge in [0.15, 0.2) is 0 Å². The average molecular weight is 387 g/mol. The predicted molar refractivity (Wildman–Crippen MR) is 103 cm³/mol. The Morgan fingerprint density at radius 3 is 2.23 bits per heavy atom. The van der Waals surface area contributed by atoms with Gasteiger partial charge in [-0.25, -0.2) is 8.42 Å². The fourth-order valence-corrected chi connectivity index (χ4v) is 3.98. The van der Waals surface area contributed by atoms with E-state index in [-0.39, 0.29) is 15.5 Å². The summed E-state index contributed by atoms with van der Waals surface area (Å²) in [5.74, 6) is -0.686. The number of sulfonamides is 1. The highest BCUT2D eigenvalue weighted by Gasteiger charge is 2.21. The number of nitrogens with zero attached hydrogens (tertiary/aromatic N) is 1. The van der Waals surface area contributed by atoms with Crippen molar-refractivity contribution >= 4 is 33.4 Å². The second-order valence-corrected chi connectivity index (χ2v) is 7.76. The molecule has 2 aromatic carbocycles. The minimum absolute atomic E-state index is 0.0403. The molecule has 2 rings (SSSR count). The molecule has 0 aliphatic rings. The van der Waals surface area contributed by atoms with Gasteiger partial charge >= 0.3 is 0 Å². The molecular formula is C18H17N3O3S2. The molecular weight excluding hydrogens is 370 g/mol. The fourth-order valence-electron chi connectivity index (χ4n) is 2.01. The molecule has 0 atom stereocenters. The van der Waals surface area contributed by atoms with Crippen LogP contribution in [0.15, 0.2) is 70.1 Å². The Balaban J connectivity index is 2.31. The Bertz CT molecular complexity index is 961. The van der Waals surface area contributed by atoms with Gasteiger partial charge in [-0.2, -0.15) is 5.26 Å². The van der Waals surface area contributed by atoms with Gasteiger partial charge in [0.1, 0.15) is 16.7 Å². The van der Waals surface area contributed by atoms with Crippen molar-refractivity contribution in [3.05, 3.63) is 70.8 Å². The molecule has 0 aromatic heterocycles. The first kappa shape index (κ1) is 19.6. The molecule has 2 aromatic rings. The lowest BCUT2D eigenvalue weighted by atomic mass is 10.2. The zero-order valence-electron chi connectivity index (χ0n) is 14.2. The maximum absolute atomic E-state index is 12.5. The number of nitrogens with one attached hydrogen (secondary N) is 2. The van der Waals surface area contributed by atoms with Crippen molar-refractivity contribution in [3.8, 4) is 6.07 Å². The molecule has 8 heteroatoms. The maximum Gasteiger partial charge on any atom is 0.269 e. The summed E-state index contributed by atoms with van der Waals surface area (Å²) in [5, 5.41) is 11.9. The molecule has 26 heavy (non-hydrogen) atoms. The van der Waals surface area contributed by atoms with Crippen LogP contribution >= 0.6 is 11.8 Å². The average Bonchev–Trinajstić information content (AvgIpc) is 2.62. The summed E-state index contributed by atoms with van der Waals surface area (Å²) >= 11 is 0.972. The minimum atomic E-state index is -3.91. The Morgan fingerprint density at radius 1 is 1.08 bits per heavy atom. The lowest BCUT2D eigenvalue weighted by Gasteiger charge is -2.12. The van der Waals surface area contributed by atoms with Crippen LogP contribution in [0.2, 0.25) is 0 Å². The smallest absolute Gasteiger partial charge is 0.269 e. The Hall–Kier alpha value is -2.76. The van der Waals surface area contributed by atoms with E-state index in [0.717, 1.165) is 17.3 Å². The van der Waals surface area contributed by atoms with Crippen molar-refractivity contribution in [3.63, 3.8) is 0 Å². The third-order valence-electron chi connectivity index (χ3n) is 3.36. The summed E-state index contributed by atoms with van der Waals surface area (Å²) in [4.78, 5) is 12.4.